The van der Waals surface area contributed by atoms with Gasteiger partial charge in [0, 0.05) is 6.04 Å². The van der Waals surface area contributed by atoms with Gasteiger partial charge in [-0.2, -0.15) is 8.42 Å². The number of aliphatic hydroxyl groups excluding tert-OH is 3. The molecule has 0 amide bonds. The number of carboxylic acid groups (broad SMARTS) is 1. The maximum absolute atomic E-state index is 12.2. The zero-order valence-electron chi connectivity index (χ0n) is 18.8. The molecule has 1 aromatic carbocycles. The molecule has 3 aliphatic rings. The lowest BCUT2D eigenvalue weighted by atomic mass is 9.75. The Balaban J connectivity index is 1.72. The third-order valence-electron chi connectivity index (χ3n) is 7.09. The molecule has 4 rings (SSSR count). The van der Waals surface area contributed by atoms with Gasteiger partial charge in [0.05, 0.1) is 0 Å². The summed E-state index contributed by atoms with van der Waals surface area (Å²) in [5, 5.41) is 39.7. The summed E-state index contributed by atoms with van der Waals surface area (Å²) in [6.07, 6.45) is -5.29. The third-order valence-corrected chi connectivity index (χ3v) is 7.96. The van der Waals surface area contributed by atoms with Crippen molar-refractivity contribution in [2.45, 2.75) is 80.7 Å². The number of likely N-dealkylation sites (tertiary alicyclic amines) is 1. The number of fused-ring (bicyclic) bond motifs is 2. The lowest BCUT2D eigenvalue weighted by Gasteiger charge is -2.45. The van der Waals surface area contributed by atoms with Crippen LogP contribution in [0.4, 0.5) is 0 Å². The maximum atomic E-state index is 12.2. The molecule has 2 saturated heterocycles. The van der Waals surface area contributed by atoms with Gasteiger partial charge in [-0.3, -0.25) is 9.45 Å². The van der Waals surface area contributed by atoms with Gasteiger partial charge in [-0.1, -0.05) is 13.0 Å². The number of hydrogen-bond acceptors (Lipinski definition) is 9. The quantitative estimate of drug-likeness (QED) is 0.326. The predicted octanol–water partition coefficient (Wildman–Crippen LogP) is -0.206. The van der Waals surface area contributed by atoms with Crippen LogP contribution in [0, 0.1) is 5.92 Å². The van der Waals surface area contributed by atoms with Gasteiger partial charge in [0.1, 0.15) is 29.0 Å². The predicted molar refractivity (Wildman–Crippen MR) is 117 cm³/mol. The molecule has 190 valence electrons. The second kappa shape index (κ2) is 9.69. The highest BCUT2D eigenvalue weighted by molar-refractivity contribution is 7.86. The molecule has 1 unspecified atom stereocenters. The number of carboxylic acids is 1. The molecule has 5 N–H and O–H groups in total. The van der Waals surface area contributed by atoms with E-state index in [0.29, 0.717) is 18.4 Å². The minimum absolute atomic E-state index is 0.225. The van der Waals surface area contributed by atoms with Crippen molar-refractivity contribution >= 4 is 16.1 Å². The van der Waals surface area contributed by atoms with E-state index in [0.717, 1.165) is 37.9 Å². The number of carbonyl (C=O) groups is 1. The van der Waals surface area contributed by atoms with Gasteiger partial charge in [-0.05, 0) is 68.3 Å². The van der Waals surface area contributed by atoms with Gasteiger partial charge in [0.15, 0.2) is 6.10 Å². The Morgan fingerprint density at radius 1 is 1.18 bits per heavy atom. The Kier molecular flexibility index (Phi) is 7.21. The van der Waals surface area contributed by atoms with Crippen LogP contribution in [0.5, 0.6) is 5.75 Å². The molecule has 0 aromatic heterocycles. The van der Waals surface area contributed by atoms with Crippen LogP contribution in [-0.2, 0) is 32.5 Å². The molecule has 0 spiro atoms. The fourth-order valence-corrected chi connectivity index (χ4v) is 6.10. The zero-order valence-corrected chi connectivity index (χ0v) is 19.6. The van der Waals surface area contributed by atoms with Crippen molar-refractivity contribution in [3.8, 4) is 5.75 Å². The summed E-state index contributed by atoms with van der Waals surface area (Å²) < 4.78 is 45.1. The summed E-state index contributed by atoms with van der Waals surface area (Å²) in [5.74, 6) is -1.59. The van der Waals surface area contributed by atoms with Gasteiger partial charge < -0.3 is 29.9 Å². The molecule has 34 heavy (non-hydrogen) atoms. The number of hydrogen-bond donors (Lipinski definition) is 5. The Morgan fingerprint density at radius 3 is 2.56 bits per heavy atom. The van der Waals surface area contributed by atoms with Crippen molar-refractivity contribution in [2.24, 2.45) is 5.92 Å². The van der Waals surface area contributed by atoms with Crippen molar-refractivity contribution in [1.29, 1.82) is 0 Å². The van der Waals surface area contributed by atoms with E-state index < -0.39 is 51.7 Å². The topological polar surface area (TPSA) is 174 Å². The van der Waals surface area contributed by atoms with Crippen molar-refractivity contribution < 1.29 is 47.7 Å². The smallest absolute Gasteiger partial charge is 0.335 e. The second-order valence-electron chi connectivity index (χ2n) is 9.27. The maximum Gasteiger partial charge on any atom is 0.335 e. The first kappa shape index (κ1) is 25.3. The summed E-state index contributed by atoms with van der Waals surface area (Å²) in [4.78, 5) is 13.4. The van der Waals surface area contributed by atoms with Crippen LogP contribution in [-0.4, -0.2) is 94.1 Å². The van der Waals surface area contributed by atoms with E-state index in [1.54, 1.807) is 6.07 Å². The molecule has 2 fully saturated rings. The highest BCUT2D eigenvalue weighted by atomic mass is 32.2. The zero-order chi connectivity index (χ0) is 24.8. The van der Waals surface area contributed by atoms with E-state index in [9.17, 15) is 38.2 Å². The third kappa shape index (κ3) is 4.68. The largest absolute Gasteiger partial charge is 0.479 e. The van der Waals surface area contributed by atoms with Gasteiger partial charge >= 0.3 is 5.97 Å². The minimum atomic E-state index is -4.74. The molecule has 7 atom stereocenters. The summed E-state index contributed by atoms with van der Waals surface area (Å²) in [6, 6.07) is 3.14. The molecule has 1 aliphatic carbocycles. The van der Waals surface area contributed by atoms with E-state index in [1.807, 2.05) is 0 Å². The first-order chi connectivity index (χ1) is 16.0. The number of benzene rings is 1. The molecular weight excluding hydrogens is 470 g/mol. The molecule has 0 bridgehead atoms. The fourth-order valence-electron chi connectivity index (χ4n) is 5.46. The molecule has 0 saturated carbocycles. The lowest BCUT2D eigenvalue weighted by Crippen LogP contribution is -2.61. The van der Waals surface area contributed by atoms with Crippen LogP contribution in [0.25, 0.3) is 0 Å². The molecule has 1 aromatic rings. The number of rotatable bonds is 6. The molecule has 2 aliphatic heterocycles. The first-order valence-corrected chi connectivity index (χ1v) is 12.9. The number of piperidine rings is 1. The van der Waals surface area contributed by atoms with Gasteiger partial charge in [-0.15, -0.1) is 0 Å². The molecule has 12 heteroatoms. The van der Waals surface area contributed by atoms with E-state index in [4.69, 9.17) is 9.47 Å². The summed E-state index contributed by atoms with van der Waals surface area (Å²) in [6.45, 7) is 4.08. The highest BCUT2D eigenvalue weighted by Gasteiger charge is 2.49. The van der Waals surface area contributed by atoms with Crippen molar-refractivity contribution in [1.82, 2.24) is 4.90 Å². The van der Waals surface area contributed by atoms with Gasteiger partial charge in [-0.25, -0.2) is 4.79 Å². The number of aliphatic carboxylic acids is 1. The van der Waals surface area contributed by atoms with E-state index >= 15 is 0 Å². The number of nitrogens with zero attached hydrogens (tertiary/aromatic N) is 1. The van der Waals surface area contributed by atoms with Gasteiger partial charge in [0.25, 0.3) is 10.1 Å². The van der Waals surface area contributed by atoms with Crippen molar-refractivity contribution in [3.05, 3.63) is 23.3 Å². The van der Waals surface area contributed by atoms with E-state index in [1.165, 1.54) is 6.07 Å². The van der Waals surface area contributed by atoms with Crippen molar-refractivity contribution in [3.63, 3.8) is 0 Å². The highest BCUT2D eigenvalue weighted by Crippen LogP contribution is 2.42. The molecule has 11 nitrogen and oxygen atoms in total. The first-order valence-electron chi connectivity index (χ1n) is 11.5. The van der Waals surface area contributed by atoms with Gasteiger partial charge in [0.2, 0.25) is 6.29 Å². The Hall–Kier alpha value is -1.80. The standard InChI is InChI=1S/C22H31NO10S/c1-2-7-23-8-3-4-12-9-13-11(10-14(12)23)5-6-15(34(29,30)31)19(13)32-22-18(26)16(24)17(25)20(33-22)21(27)28/h5-6,12,14,16-18,20,22,24-26H,2-4,7-10H2,1H3,(H,27,28)(H,29,30,31)/t12-,14?,16+,17+,18-,20+,22-/m1/s1. The normalized spacial score (nSPS) is 34.2. The van der Waals surface area contributed by atoms with Crippen LogP contribution in [0.15, 0.2) is 17.0 Å². The van der Waals surface area contributed by atoms with E-state index in [-0.39, 0.29) is 17.7 Å². The average Bonchev–Trinajstić information content (AvgIpc) is 2.77. The Bertz CT molecular complexity index is 1030. The average molecular weight is 502 g/mol. The Morgan fingerprint density at radius 2 is 1.91 bits per heavy atom. The summed E-state index contributed by atoms with van der Waals surface area (Å²) >= 11 is 0. The Labute approximate surface area is 197 Å². The van der Waals surface area contributed by atoms with Crippen LogP contribution in [0.3, 0.4) is 0 Å². The van der Waals surface area contributed by atoms with Crippen LogP contribution in [0.2, 0.25) is 0 Å². The molecular formula is C22H31NO10S. The monoisotopic (exact) mass is 501 g/mol. The van der Waals surface area contributed by atoms with Crippen LogP contribution in [0.1, 0.15) is 37.3 Å². The lowest BCUT2D eigenvalue weighted by molar-refractivity contribution is -0.271. The minimum Gasteiger partial charge on any atom is -0.479 e. The molecule has 0 radical (unpaired) electrons. The SMILES string of the molecule is CCCN1CCC[C@@H]2Cc3c(ccc(S(=O)(=O)O)c3O[C@@H]3O[C@H](C(=O)O)[C@@H](O)[C@H](O)[C@H]3O)CC21. The molecule has 2 heterocycles. The fraction of sp³-hybridized carbons (Fsp3) is 0.682. The summed E-state index contributed by atoms with van der Waals surface area (Å²) in [7, 11) is -4.74. The van der Waals surface area contributed by atoms with Crippen LogP contribution >= 0.6 is 0 Å². The number of aliphatic hydroxyl groups is 3. The van der Waals surface area contributed by atoms with Crippen LogP contribution < -0.4 is 4.74 Å². The number of ether oxygens (including phenoxy) is 2. The van der Waals surface area contributed by atoms with Crippen molar-refractivity contribution in [2.75, 3.05) is 13.1 Å². The van der Waals surface area contributed by atoms with E-state index in [2.05, 4.69) is 11.8 Å². The summed E-state index contributed by atoms with van der Waals surface area (Å²) in [5.41, 5.74) is 1.37. The second-order valence-corrected chi connectivity index (χ2v) is 10.7.